The van der Waals surface area contributed by atoms with Gasteiger partial charge in [0.2, 0.25) is 0 Å². The zero-order chi connectivity index (χ0) is 14.0. The van der Waals surface area contributed by atoms with E-state index in [0.717, 1.165) is 10.0 Å². The summed E-state index contributed by atoms with van der Waals surface area (Å²) < 4.78 is 27.7. The molecule has 0 aliphatic rings. The van der Waals surface area contributed by atoms with Crippen LogP contribution in [0.3, 0.4) is 0 Å². The number of rotatable bonds is 3. The average molecular weight is 342 g/mol. The standard InChI is InChI=1S/C12H12BrN3O2S/c1-8-7-9(13)4-5-11(8)16-19(17,18)12-10(14)3-2-6-15-12/h2-7,16H,14H2,1H3. The van der Waals surface area contributed by atoms with Crippen LogP contribution in [0.5, 0.6) is 0 Å². The molecule has 0 spiro atoms. The Bertz CT molecular complexity index is 717. The summed E-state index contributed by atoms with van der Waals surface area (Å²) >= 11 is 3.32. The molecule has 0 bridgehead atoms. The van der Waals surface area contributed by atoms with E-state index in [0.29, 0.717) is 5.69 Å². The summed E-state index contributed by atoms with van der Waals surface area (Å²) in [5, 5.41) is -0.169. The second-order valence-corrected chi connectivity index (χ2v) is 6.48. The summed E-state index contributed by atoms with van der Waals surface area (Å²) in [5.74, 6) is 0. The number of benzene rings is 1. The summed E-state index contributed by atoms with van der Waals surface area (Å²) in [6.45, 7) is 1.81. The molecule has 0 saturated carbocycles. The van der Waals surface area contributed by atoms with Crippen LogP contribution in [0.2, 0.25) is 0 Å². The van der Waals surface area contributed by atoms with Crippen LogP contribution in [0.1, 0.15) is 5.56 Å². The van der Waals surface area contributed by atoms with E-state index in [1.807, 2.05) is 13.0 Å². The lowest BCUT2D eigenvalue weighted by molar-refractivity contribution is 0.598. The molecule has 100 valence electrons. The Morgan fingerprint density at radius 3 is 2.68 bits per heavy atom. The van der Waals surface area contributed by atoms with Crippen molar-refractivity contribution in [3.63, 3.8) is 0 Å². The van der Waals surface area contributed by atoms with Crippen molar-refractivity contribution in [2.45, 2.75) is 11.9 Å². The van der Waals surface area contributed by atoms with Crippen LogP contribution in [-0.2, 0) is 10.0 Å². The van der Waals surface area contributed by atoms with E-state index in [9.17, 15) is 8.42 Å². The van der Waals surface area contributed by atoms with Gasteiger partial charge in [0, 0.05) is 10.7 Å². The zero-order valence-electron chi connectivity index (χ0n) is 10.1. The van der Waals surface area contributed by atoms with Crippen molar-refractivity contribution >= 4 is 37.3 Å². The molecular weight excluding hydrogens is 330 g/mol. The van der Waals surface area contributed by atoms with E-state index < -0.39 is 10.0 Å². The van der Waals surface area contributed by atoms with Gasteiger partial charge in [0.05, 0.1) is 11.4 Å². The molecule has 0 saturated heterocycles. The largest absolute Gasteiger partial charge is 0.396 e. The highest BCUT2D eigenvalue weighted by molar-refractivity contribution is 9.10. The van der Waals surface area contributed by atoms with E-state index >= 15 is 0 Å². The number of halogens is 1. The van der Waals surface area contributed by atoms with Gasteiger partial charge in [-0.2, -0.15) is 8.42 Å². The van der Waals surface area contributed by atoms with Crippen LogP contribution in [0.15, 0.2) is 46.0 Å². The third kappa shape index (κ3) is 3.05. The number of hydrogen-bond donors (Lipinski definition) is 2. The van der Waals surface area contributed by atoms with E-state index in [1.54, 1.807) is 18.2 Å². The maximum absolute atomic E-state index is 12.2. The van der Waals surface area contributed by atoms with Crippen LogP contribution in [-0.4, -0.2) is 13.4 Å². The smallest absolute Gasteiger partial charge is 0.281 e. The molecule has 0 aliphatic heterocycles. The number of nitrogens with two attached hydrogens (primary N) is 1. The van der Waals surface area contributed by atoms with Crippen molar-refractivity contribution in [3.05, 3.63) is 46.6 Å². The third-order valence-corrected chi connectivity index (χ3v) is 4.32. The lowest BCUT2D eigenvalue weighted by atomic mass is 10.2. The lowest BCUT2D eigenvalue weighted by Gasteiger charge is -2.11. The number of hydrogen-bond acceptors (Lipinski definition) is 4. The van der Waals surface area contributed by atoms with E-state index in [2.05, 4.69) is 25.6 Å². The number of pyridine rings is 1. The Kier molecular flexibility index (Phi) is 3.77. The van der Waals surface area contributed by atoms with Crippen LogP contribution < -0.4 is 10.5 Å². The van der Waals surface area contributed by atoms with Crippen molar-refractivity contribution in [2.75, 3.05) is 10.5 Å². The molecule has 1 aromatic carbocycles. The Hall–Kier alpha value is -1.60. The predicted octanol–water partition coefficient (Wildman–Crippen LogP) is 2.54. The van der Waals surface area contributed by atoms with Gasteiger partial charge in [0.1, 0.15) is 0 Å². The van der Waals surface area contributed by atoms with Crippen LogP contribution in [0.25, 0.3) is 0 Å². The van der Waals surface area contributed by atoms with Gasteiger partial charge in [-0.05, 0) is 42.8 Å². The first-order valence-electron chi connectivity index (χ1n) is 5.39. The predicted molar refractivity (Wildman–Crippen MR) is 78.3 cm³/mol. The molecule has 0 atom stereocenters. The number of aromatic nitrogens is 1. The quantitative estimate of drug-likeness (QED) is 0.898. The van der Waals surface area contributed by atoms with Gasteiger partial charge < -0.3 is 5.73 Å². The van der Waals surface area contributed by atoms with Gasteiger partial charge in [-0.3, -0.25) is 4.72 Å². The second kappa shape index (κ2) is 5.18. The molecule has 3 N–H and O–H groups in total. The van der Waals surface area contributed by atoms with Crippen molar-refractivity contribution in [1.29, 1.82) is 0 Å². The fraction of sp³-hybridized carbons (Fsp3) is 0.0833. The molecule has 0 radical (unpaired) electrons. The van der Waals surface area contributed by atoms with E-state index in [4.69, 9.17) is 5.73 Å². The molecule has 0 aliphatic carbocycles. The fourth-order valence-electron chi connectivity index (χ4n) is 1.56. The molecule has 19 heavy (non-hydrogen) atoms. The molecule has 2 aromatic rings. The first kappa shape index (κ1) is 13.8. The van der Waals surface area contributed by atoms with E-state index in [1.165, 1.54) is 12.3 Å². The van der Waals surface area contributed by atoms with Crippen molar-refractivity contribution in [1.82, 2.24) is 4.98 Å². The van der Waals surface area contributed by atoms with Gasteiger partial charge in [-0.15, -0.1) is 0 Å². The summed E-state index contributed by atoms with van der Waals surface area (Å²) in [7, 11) is -3.78. The number of nitrogens with one attached hydrogen (secondary N) is 1. The SMILES string of the molecule is Cc1cc(Br)ccc1NS(=O)(=O)c1ncccc1N. The minimum Gasteiger partial charge on any atom is -0.396 e. The number of aryl methyl sites for hydroxylation is 1. The highest BCUT2D eigenvalue weighted by Crippen LogP contribution is 2.24. The highest BCUT2D eigenvalue weighted by atomic mass is 79.9. The Morgan fingerprint density at radius 1 is 1.32 bits per heavy atom. The monoisotopic (exact) mass is 341 g/mol. The molecule has 0 unspecified atom stereocenters. The molecule has 5 nitrogen and oxygen atoms in total. The van der Waals surface area contributed by atoms with Gasteiger partial charge in [-0.25, -0.2) is 4.98 Å². The van der Waals surface area contributed by atoms with Gasteiger partial charge >= 0.3 is 0 Å². The normalized spacial score (nSPS) is 11.3. The van der Waals surface area contributed by atoms with Crippen molar-refractivity contribution in [3.8, 4) is 0 Å². The Labute approximate surface area is 120 Å². The van der Waals surface area contributed by atoms with Gasteiger partial charge in [0.15, 0.2) is 5.03 Å². The van der Waals surface area contributed by atoms with Gasteiger partial charge in [-0.1, -0.05) is 15.9 Å². The van der Waals surface area contributed by atoms with E-state index in [-0.39, 0.29) is 10.7 Å². The summed E-state index contributed by atoms with van der Waals surface area (Å²) in [5.41, 5.74) is 7.04. The van der Waals surface area contributed by atoms with Crippen LogP contribution in [0, 0.1) is 6.92 Å². The second-order valence-electron chi connectivity index (χ2n) is 3.96. The number of nitrogens with zero attached hydrogens (tertiary/aromatic N) is 1. The zero-order valence-corrected chi connectivity index (χ0v) is 12.5. The third-order valence-electron chi connectivity index (χ3n) is 2.49. The lowest BCUT2D eigenvalue weighted by Crippen LogP contribution is -2.16. The number of sulfonamides is 1. The van der Waals surface area contributed by atoms with Crippen LogP contribution in [0.4, 0.5) is 11.4 Å². The topological polar surface area (TPSA) is 85.1 Å². The maximum atomic E-state index is 12.2. The van der Waals surface area contributed by atoms with Crippen molar-refractivity contribution < 1.29 is 8.42 Å². The fourth-order valence-corrected chi connectivity index (χ4v) is 3.23. The number of anilines is 2. The molecule has 1 aromatic heterocycles. The minimum absolute atomic E-state index is 0.116. The molecule has 7 heteroatoms. The molecule has 0 amide bonds. The van der Waals surface area contributed by atoms with Gasteiger partial charge in [0.25, 0.3) is 10.0 Å². The summed E-state index contributed by atoms with van der Waals surface area (Å²) in [6.07, 6.45) is 1.39. The Balaban J connectivity index is 2.40. The molecular formula is C12H12BrN3O2S. The Morgan fingerprint density at radius 2 is 2.05 bits per heavy atom. The van der Waals surface area contributed by atoms with Crippen molar-refractivity contribution in [2.24, 2.45) is 0 Å². The summed E-state index contributed by atoms with van der Waals surface area (Å²) in [6, 6.07) is 8.33. The summed E-state index contributed by atoms with van der Waals surface area (Å²) in [4.78, 5) is 3.81. The average Bonchev–Trinajstić information content (AvgIpc) is 2.33. The van der Waals surface area contributed by atoms with Crippen LogP contribution >= 0.6 is 15.9 Å². The highest BCUT2D eigenvalue weighted by Gasteiger charge is 2.19. The number of nitrogen functional groups attached to an aromatic ring is 1. The molecule has 0 fully saturated rings. The first-order chi connectivity index (χ1) is 8.90. The molecule has 2 rings (SSSR count). The first-order valence-corrected chi connectivity index (χ1v) is 7.67. The minimum atomic E-state index is -3.78. The molecule has 1 heterocycles. The maximum Gasteiger partial charge on any atom is 0.281 e.